The van der Waals surface area contributed by atoms with Gasteiger partial charge in [-0.05, 0) is 42.9 Å². The van der Waals surface area contributed by atoms with Crippen LogP contribution in [0, 0.1) is 12.8 Å². The zero-order chi connectivity index (χ0) is 15.4. The van der Waals surface area contributed by atoms with Gasteiger partial charge in [-0.3, -0.25) is 4.79 Å². The summed E-state index contributed by atoms with van der Waals surface area (Å²) < 4.78 is 10.7. The van der Waals surface area contributed by atoms with Crippen molar-refractivity contribution >= 4 is 5.97 Å². The minimum Gasteiger partial charge on any atom is -0.493 e. The molecule has 21 heavy (non-hydrogen) atoms. The average molecular weight is 292 g/mol. The van der Waals surface area contributed by atoms with Crippen molar-refractivity contribution < 1.29 is 19.4 Å². The summed E-state index contributed by atoms with van der Waals surface area (Å²) in [6.07, 6.45) is 5.45. The Hall–Kier alpha value is -1.71. The first-order valence-corrected chi connectivity index (χ1v) is 7.53. The van der Waals surface area contributed by atoms with Crippen LogP contribution in [0.1, 0.15) is 49.1 Å². The maximum atomic E-state index is 11.8. The number of methoxy groups -OCH3 is 2. The number of ether oxygens (including phenoxy) is 2. The molecule has 0 bridgehead atoms. The van der Waals surface area contributed by atoms with E-state index in [0.29, 0.717) is 11.5 Å². The quantitative estimate of drug-likeness (QED) is 0.897. The smallest absolute Gasteiger partial charge is 0.311 e. The van der Waals surface area contributed by atoms with Gasteiger partial charge < -0.3 is 14.6 Å². The molecule has 1 fully saturated rings. The number of carboxylic acids is 1. The molecule has 1 aromatic carbocycles. The summed E-state index contributed by atoms with van der Waals surface area (Å²) in [6.45, 7) is 1.92. The maximum absolute atomic E-state index is 11.8. The highest BCUT2D eigenvalue weighted by atomic mass is 16.5. The molecule has 4 nitrogen and oxygen atoms in total. The van der Waals surface area contributed by atoms with Crippen LogP contribution in [0.25, 0.3) is 0 Å². The second-order valence-electron chi connectivity index (χ2n) is 5.79. The second-order valence-corrected chi connectivity index (χ2v) is 5.79. The summed E-state index contributed by atoms with van der Waals surface area (Å²) in [6, 6.07) is 3.74. The van der Waals surface area contributed by atoms with Gasteiger partial charge in [0.2, 0.25) is 0 Å². The minimum absolute atomic E-state index is 0.216. The third kappa shape index (κ3) is 3.31. The SMILES string of the molecule is COc1cc([C@@H](C(=O)O)C2CCCCC2)cc(C)c1OC. The molecule has 1 aliphatic rings. The molecule has 1 N–H and O–H groups in total. The van der Waals surface area contributed by atoms with Gasteiger partial charge in [0.1, 0.15) is 0 Å². The standard InChI is InChI=1S/C17H24O4/c1-11-9-13(10-14(20-2)16(11)21-3)15(17(18)19)12-7-5-4-6-8-12/h9-10,12,15H,4-8H2,1-3H3,(H,18,19)/t15-/m0/s1. The van der Waals surface area contributed by atoms with E-state index in [4.69, 9.17) is 9.47 Å². The van der Waals surface area contributed by atoms with Crippen molar-refractivity contribution in [3.63, 3.8) is 0 Å². The summed E-state index contributed by atoms with van der Waals surface area (Å²) in [5.74, 6) is 0.301. The van der Waals surface area contributed by atoms with E-state index in [2.05, 4.69) is 0 Å². The maximum Gasteiger partial charge on any atom is 0.311 e. The molecular weight excluding hydrogens is 268 g/mol. The Balaban J connectivity index is 2.40. The summed E-state index contributed by atoms with van der Waals surface area (Å²) in [7, 11) is 3.18. The van der Waals surface area contributed by atoms with Gasteiger partial charge in [-0.25, -0.2) is 0 Å². The van der Waals surface area contributed by atoms with Crippen molar-refractivity contribution in [2.45, 2.75) is 44.9 Å². The normalized spacial score (nSPS) is 17.3. The third-order valence-electron chi connectivity index (χ3n) is 4.43. The Morgan fingerprint density at radius 3 is 2.38 bits per heavy atom. The molecule has 0 heterocycles. The molecule has 0 aliphatic heterocycles. The lowest BCUT2D eigenvalue weighted by Gasteiger charge is -2.28. The number of benzene rings is 1. The fourth-order valence-electron chi connectivity index (χ4n) is 3.45. The summed E-state index contributed by atoms with van der Waals surface area (Å²) in [4.78, 5) is 11.8. The van der Waals surface area contributed by atoms with E-state index in [1.165, 1.54) is 6.42 Å². The van der Waals surface area contributed by atoms with Crippen LogP contribution in [0.5, 0.6) is 11.5 Å². The topological polar surface area (TPSA) is 55.8 Å². The van der Waals surface area contributed by atoms with Crippen molar-refractivity contribution in [3.8, 4) is 11.5 Å². The van der Waals surface area contributed by atoms with Gasteiger partial charge in [-0.2, -0.15) is 0 Å². The minimum atomic E-state index is -0.742. The zero-order valence-corrected chi connectivity index (χ0v) is 13.0. The third-order valence-corrected chi connectivity index (χ3v) is 4.43. The van der Waals surface area contributed by atoms with Gasteiger partial charge in [0, 0.05) is 0 Å². The van der Waals surface area contributed by atoms with Gasteiger partial charge in [-0.15, -0.1) is 0 Å². The van der Waals surface area contributed by atoms with E-state index in [1.54, 1.807) is 14.2 Å². The summed E-state index contributed by atoms with van der Waals surface area (Å²) >= 11 is 0. The average Bonchev–Trinajstić information content (AvgIpc) is 2.47. The van der Waals surface area contributed by atoms with Gasteiger partial charge in [-0.1, -0.05) is 25.3 Å². The van der Waals surface area contributed by atoms with Crippen LogP contribution in [0.3, 0.4) is 0 Å². The number of rotatable bonds is 5. The second kappa shape index (κ2) is 6.83. The van der Waals surface area contributed by atoms with Gasteiger partial charge in [0.05, 0.1) is 20.1 Å². The highest BCUT2D eigenvalue weighted by molar-refractivity contribution is 5.77. The fourth-order valence-corrected chi connectivity index (χ4v) is 3.45. The number of carbonyl (C=O) groups is 1. The van der Waals surface area contributed by atoms with Crippen molar-refractivity contribution in [1.82, 2.24) is 0 Å². The molecule has 0 aromatic heterocycles. The van der Waals surface area contributed by atoms with Gasteiger partial charge in [0.15, 0.2) is 11.5 Å². The number of hydrogen-bond donors (Lipinski definition) is 1. The Morgan fingerprint density at radius 2 is 1.86 bits per heavy atom. The lowest BCUT2D eigenvalue weighted by molar-refractivity contribution is -0.140. The lowest BCUT2D eigenvalue weighted by Crippen LogP contribution is -2.23. The van der Waals surface area contributed by atoms with E-state index in [9.17, 15) is 9.90 Å². The van der Waals surface area contributed by atoms with Crippen LogP contribution in [0.4, 0.5) is 0 Å². The predicted molar refractivity (Wildman–Crippen MR) is 81.2 cm³/mol. The van der Waals surface area contributed by atoms with Crippen LogP contribution in [-0.2, 0) is 4.79 Å². The van der Waals surface area contributed by atoms with E-state index in [1.807, 2.05) is 19.1 Å². The van der Waals surface area contributed by atoms with Crippen molar-refractivity contribution in [1.29, 1.82) is 0 Å². The zero-order valence-electron chi connectivity index (χ0n) is 13.0. The Labute approximate surface area is 126 Å². The molecule has 4 heteroatoms. The predicted octanol–water partition coefficient (Wildman–Crippen LogP) is 3.76. The first-order valence-electron chi connectivity index (χ1n) is 7.53. The van der Waals surface area contributed by atoms with Crippen LogP contribution in [0.15, 0.2) is 12.1 Å². The van der Waals surface area contributed by atoms with Crippen molar-refractivity contribution in [3.05, 3.63) is 23.3 Å². The van der Waals surface area contributed by atoms with E-state index in [0.717, 1.165) is 36.8 Å². The number of aliphatic carboxylic acids is 1. The van der Waals surface area contributed by atoms with Gasteiger partial charge in [0.25, 0.3) is 0 Å². The summed E-state index contributed by atoms with van der Waals surface area (Å²) in [5, 5.41) is 9.69. The van der Waals surface area contributed by atoms with Crippen LogP contribution < -0.4 is 9.47 Å². The molecular formula is C17H24O4. The fraction of sp³-hybridized carbons (Fsp3) is 0.588. The molecule has 0 radical (unpaired) electrons. The largest absolute Gasteiger partial charge is 0.493 e. The molecule has 1 aliphatic carbocycles. The molecule has 2 rings (SSSR count). The van der Waals surface area contributed by atoms with Crippen LogP contribution >= 0.6 is 0 Å². The van der Waals surface area contributed by atoms with Crippen molar-refractivity contribution in [2.24, 2.45) is 5.92 Å². The monoisotopic (exact) mass is 292 g/mol. The highest BCUT2D eigenvalue weighted by Crippen LogP contribution is 2.40. The molecule has 116 valence electrons. The van der Waals surface area contributed by atoms with Gasteiger partial charge >= 0.3 is 5.97 Å². The molecule has 0 amide bonds. The number of hydrogen-bond acceptors (Lipinski definition) is 3. The Morgan fingerprint density at radius 1 is 1.19 bits per heavy atom. The Bertz CT molecular complexity index is 504. The number of aryl methyl sites for hydroxylation is 1. The summed E-state index contributed by atoms with van der Waals surface area (Å²) in [5.41, 5.74) is 1.73. The molecule has 1 saturated carbocycles. The molecule has 0 saturated heterocycles. The van der Waals surface area contributed by atoms with Crippen LogP contribution in [-0.4, -0.2) is 25.3 Å². The van der Waals surface area contributed by atoms with E-state index in [-0.39, 0.29) is 5.92 Å². The van der Waals surface area contributed by atoms with Crippen molar-refractivity contribution in [2.75, 3.05) is 14.2 Å². The van der Waals surface area contributed by atoms with E-state index < -0.39 is 11.9 Å². The lowest BCUT2D eigenvalue weighted by atomic mass is 9.76. The molecule has 1 atom stereocenters. The van der Waals surface area contributed by atoms with E-state index >= 15 is 0 Å². The molecule has 0 spiro atoms. The molecule has 1 aromatic rings. The highest BCUT2D eigenvalue weighted by Gasteiger charge is 2.31. The Kier molecular flexibility index (Phi) is 5.10. The number of carboxylic acid groups (broad SMARTS) is 1. The first-order chi connectivity index (χ1) is 10.1. The molecule has 0 unspecified atom stereocenters. The first kappa shape index (κ1) is 15.7. The van der Waals surface area contributed by atoms with Crippen LogP contribution in [0.2, 0.25) is 0 Å².